The number of fused-ring (bicyclic) bond motifs is 1. The van der Waals surface area contributed by atoms with Crippen LogP contribution in [0.5, 0.6) is 0 Å². The quantitative estimate of drug-likeness (QED) is 0.602. The van der Waals surface area contributed by atoms with Crippen LogP contribution in [0.2, 0.25) is 5.02 Å². The first kappa shape index (κ1) is 15.0. The van der Waals surface area contributed by atoms with Crippen molar-refractivity contribution in [2.45, 2.75) is 31.7 Å². The minimum absolute atomic E-state index is 0.289. The largest absolute Gasteiger partial charge is 0.354 e. The van der Waals surface area contributed by atoms with Crippen LogP contribution < -0.4 is 5.32 Å². The van der Waals surface area contributed by atoms with Gasteiger partial charge in [-0.1, -0.05) is 60.0 Å². The summed E-state index contributed by atoms with van der Waals surface area (Å²) in [7, 11) is 0. The lowest BCUT2D eigenvalue weighted by Gasteiger charge is -2.25. The number of nitrogens with zero attached hydrogens (tertiary/aromatic N) is 1. The first-order valence-corrected chi connectivity index (χ1v) is 9.36. The van der Waals surface area contributed by atoms with Gasteiger partial charge >= 0.3 is 0 Å². The molecule has 3 aromatic rings. The molecule has 1 aliphatic carbocycles. The maximum absolute atomic E-state index is 6.22. The molecule has 1 saturated carbocycles. The van der Waals surface area contributed by atoms with E-state index >= 15 is 0 Å². The van der Waals surface area contributed by atoms with Crippen molar-refractivity contribution in [1.82, 2.24) is 4.98 Å². The average molecular weight is 343 g/mol. The van der Waals surface area contributed by atoms with E-state index in [-0.39, 0.29) is 6.04 Å². The lowest BCUT2D eigenvalue weighted by atomic mass is 9.92. The smallest absolute Gasteiger partial charge is 0.184 e. The van der Waals surface area contributed by atoms with Crippen molar-refractivity contribution in [1.29, 1.82) is 0 Å². The van der Waals surface area contributed by atoms with Crippen LogP contribution in [0.1, 0.15) is 37.3 Å². The van der Waals surface area contributed by atoms with Crippen molar-refractivity contribution >= 4 is 38.3 Å². The van der Waals surface area contributed by atoms with Crippen molar-refractivity contribution in [3.8, 4) is 0 Å². The Morgan fingerprint density at radius 2 is 1.91 bits per heavy atom. The Bertz CT molecular complexity index is 775. The number of anilines is 1. The van der Waals surface area contributed by atoms with Crippen LogP contribution in [-0.4, -0.2) is 4.98 Å². The summed E-state index contributed by atoms with van der Waals surface area (Å²) >= 11 is 7.95. The number of aromatic nitrogens is 1. The molecule has 0 spiro atoms. The molecular formula is C19H19ClN2S. The molecule has 23 heavy (non-hydrogen) atoms. The van der Waals surface area contributed by atoms with Crippen LogP contribution >= 0.6 is 22.9 Å². The fourth-order valence-corrected chi connectivity index (χ4v) is 4.63. The number of thiazole rings is 1. The van der Waals surface area contributed by atoms with Crippen LogP contribution in [0.4, 0.5) is 5.13 Å². The van der Waals surface area contributed by atoms with E-state index in [0.29, 0.717) is 5.92 Å². The van der Waals surface area contributed by atoms with E-state index in [2.05, 4.69) is 35.6 Å². The van der Waals surface area contributed by atoms with Crippen molar-refractivity contribution in [2.75, 3.05) is 5.32 Å². The summed E-state index contributed by atoms with van der Waals surface area (Å²) in [6.45, 7) is 0. The normalized spacial score (nSPS) is 16.7. The van der Waals surface area contributed by atoms with Crippen molar-refractivity contribution in [2.24, 2.45) is 5.92 Å². The highest BCUT2D eigenvalue weighted by molar-refractivity contribution is 7.22. The molecule has 2 nitrogen and oxygen atoms in total. The van der Waals surface area contributed by atoms with Gasteiger partial charge in [0.25, 0.3) is 0 Å². The molecule has 0 aliphatic heterocycles. The summed E-state index contributed by atoms with van der Waals surface area (Å²) in [5.41, 5.74) is 2.33. The summed E-state index contributed by atoms with van der Waals surface area (Å²) in [5, 5.41) is 5.51. The monoisotopic (exact) mass is 342 g/mol. The van der Waals surface area contributed by atoms with Crippen molar-refractivity contribution in [3.05, 3.63) is 59.1 Å². The van der Waals surface area contributed by atoms with E-state index < -0.39 is 0 Å². The van der Waals surface area contributed by atoms with E-state index in [1.807, 2.05) is 18.2 Å². The first-order chi connectivity index (χ1) is 11.3. The van der Waals surface area contributed by atoms with Gasteiger partial charge in [-0.25, -0.2) is 4.98 Å². The topological polar surface area (TPSA) is 24.9 Å². The van der Waals surface area contributed by atoms with Gasteiger partial charge < -0.3 is 5.32 Å². The molecule has 0 bridgehead atoms. The minimum atomic E-state index is 0.289. The zero-order chi connectivity index (χ0) is 15.6. The van der Waals surface area contributed by atoms with Gasteiger partial charge in [0, 0.05) is 5.02 Å². The van der Waals surface area contributed by atoms with E-state index in [1.165, 1.54) is 35.9 Å². The second-order valence-corrected chi connectivity index (χ2v) is 7.68. The summed E-state index contributed by atoms with van der Waals surface area (Å²) in [6, 6.07) is 16.8. The number of halogens is 1. The fraction of sp³-hybridized carbons (Fsp3) is 0.316. The molecule has 4 heteroatoms. The molecule has 1 heterocycles. The third kappa shape index (κ3) is 3.22. The van der Waals surface area contributed by atoms with E-state index in [0.717, 1.165) is 15.7 Å². The standard InChI is InChI=1S/C19H19ClN2S/c20-15-9-5-8-14(12-15)18(13-6-1-2-7-13)22-19-21-16-10-3-4-11-17(16)23-19/h3-5,8-13,18H,1-2,6-7H2,(H,21,22)/t18-/m1/s1. The summed E-state index contributed by atoms with van der Waals surface area (Å²) in [6.07, 6.45) is 5.19. The molecule has 1 atom stereocenters. The molecule has 2 aromatic carbocycles. The average Bonchev–Trinajstić information content (AvgIpc) is 3.21. The molecule has 1 aliphatic rings. The molecule has 1 fully saturated rings. The Morgan fingerprint density at radius 3 is 2.70 bits per heavy atom. The van der Waals surface area contributed by atoms with E-state index in [9.17, 15) is 0 Å². The zero-order valence-electron chi connectivity index (χ0n) is 12.8. The molecule has 0 amide bonds. The minimum Gasteiger partial charge on any atom is -0.354 e. The SMILES string of the molecule is Clc1cccc([C@H](Nc2nc3ccccc3s2)C2CCCC2)c1. The molecule has 4 rings (SSSR count). The number of benzene rings is 2. The zero-order valence-corrected chi connectivity index (χ0v) is 14.4. The highest BCUT2D eigenvalue weighted by atomic mass is 35.5. The van der Waals surface area contributed by atoms with Crippen LogP contribution in [0.3, 0.4) is 0 Å². The maximum Gasteiger partial charge on any atom is 0.184 e. The lowest BCUT2D eigenvalue weighted by Crippen LogP contribution is -2.18. The number of para-hydroxylation sites is 1. The fourth-order valence-electron chi connectivity index (χ4n) is 3.53. The predicted octanol–water partition coefficient (Wildman–Crippen LogP) is 6.29. The molecule has 1 aromatic heterocycles. The van der Waals surface area contributed by atoms with Crippen molar-refractivity contribution < 1.29 is 0 Å². The third-order valence-corrected chi connectivity index (χ3v) is 5.85. The van der Waals surface area contributed by atoms with Gasteiger partial charge in [0.05, 0.1) is 16.3 Å². The van der Waals surface area contributed by atoms with Gasteiger partial charge in [-0.2, -0.15) is 0 Å². The Balaban J connectivity index is 1.67. The van der Waals surface area contributed by atoms with E-state index in [4.69, 9.17) is 16.6 Å². The van der Waals surface area contributed by atoms with E-state index in [1.54, 1.807) is 11.3 Å². The maximum atomic E-state index is 6.22. The molecule has 0 saturated heterocycles. The summed E-state index contributed by atoms with van der Waals surface area (Å²) in [5.74, 6) is 0.653. The van der Waals surface area contributed by atoms with Gasteiger partial charge in [-0.15, -0.1) is 0 Å². The Kier molecular flexibility index (Phi) is 4.23. The molecule has 0 unspecified atom stereocenters. The van der Waals surface area contributed by atoms with Gasteiger partial charge in [-0.3, -0.25) is 0 Å². The number of hydrogen-bond acceptors (Lipinski definition) is 3. The van der Waals surface area contributed by atoms with Gasteiger partial charge in [0.2, 0.25) is 0 Å². The number of rotatable bonds is 4. The van der Waals surface area contributed by atoms with Crippen LogP contribution in [-0.2, 0) is 0 Å². The highest BCUT2D eigenvalue weighted by Crippen LogP contribution is 2.39. The number of nitrogens with one attached hydrogen (secondary N) is 1. The second-order valence-electron chi connectivity index (χ2n) is 6.21. The van der Waals surface area contributed by atoms with Gasteiger partial charge in [-0.05, 0) is 48.6 Å². The van der Waals surface area contributed by atoms with Crippen LogP contribution in [0, 0.1) is 5.92 Å². The first-order valence-electron chi connectivity index (χ1n) is 8.17. The lowest BCUT2D eigenvalue weighted by molar-refractivity contribution is 0.470. The molecule has 0 radical (unpaired) electrons. The molecule has 118 valence electrons. The summed E-state index contributed by atoms with van der Waals surface area (Å²) < 4.78 is 1.23. The van der Waals surface area contributed by atoms with Gasteiger partial charge in [0.15, 0.2) is 5.13 Å². The predicted molar refractivity (Wildman–Crippen MR) is 99.4 cm³/mol. The van der Waals surface area contributed by atoms with Gasteiger partial charge in [0.1, 0.15) is 0 Å². The number of hydrogen-bond donors (Lipinski definition) is 1. The second kappa shape index (κ2) is 6.50. The Morgan fingerprint density at radius 1 is 1.09 bits per heavy atom. The van der Waals surface area contributed by atoms with Crippen molar-refractivity contribution in [3.63, 3.8) is 0 Å². The molecular weight excluding hydrogens is 324 g/mol. The van der Waals surface area contributed by atoms with Crippen LogP contribution in [0.15, 0.2) is 48.5 Å². The summed E-state index contributed by atoms with van der Waals surface area (Å²) in [4.78, 5) is 4.75. The Hall–Kier alpha value is -1.58. The Labute approximate surface area is 145 Å². The highest BCUT2D eigenvalue weighted by Gasteiger charge is 2.27. The molecule has 1 N–H and O–H groups in total. The van der Waals surface area contributed by atoms with Crippen LogP contribution in [0.25, 0.3) is 10.2 Å². The third-order valence-electron chi connectivity index (χ3n) is 4.65.